The van der Waals surface area contributed by atoms with Crippen LogP contribution in [-0.4, -0.2) is 36.2 Å². The maximum atomic E-state index is 13.1. The number of carbonyl (C=O) groups is 1. The third kappa shape index (κ3) is 9.04. The van der Waals surface area contributed by atoms with Gasteiger partial charge in [-0.1, -0.05) is 42.5 Å². The smallest absolute Gasteiger partial charge is 0.482 e. The molecule has 0 radical (unpaired) electrons. The van der Waals surface area contributed by atoms with Crippen LogP contribution in [0.4, 0.5) is 26.3 Å². The minimum Gasteiger partial charge on any atom is -0.482 e. The van der Waals surface area contributed by atoms with Gasteiger partial charge < -0.3 is 19.3 Å². The molecular weight excluding hydrogens is 653 g/mol. The first-order valence-corrected chi connectivity index (χ1v) is 12.6. The maximum absolute atomic E-state index is 13.1. The Bertz CT molecular complexity index is 1250. The Morgan fingerprint density at radius 1 is 0.868 bits per heavy atom. The van der Waals surface area contributed by atoms with Crippen molar-refractivity contribution in [3.63, 3.8) is 0 Å². The molecular formula is C25H17F6IO5S. The second-order valence-electron chi connectivity index (χ2n) is 7.29. The molecule has 38 heavy (non-hydrogen) atoms. The van der Waals surface area contributed by atoms with E-state index in [-0.39, 0.29) is 22.5 Å². The summed E-state index contributed by atoms with van der Waals surface area (Å²) in [5, 5.41) is 8.74. The fourth-order valence-electron chi connectivity index (χ4n) is 3.22. The molecule has 0 aliphatic carbocycles. The lowest BCUT2D eigenvalue weighted by molar-refractivity contribution is -0.275. The summed E-state index contributed by atoms with van der Waals surface area (Å²) in [7, 11) is 0. The number of aliphatic carboxylic acids is 1. The van der Waals surface area contributed by atoms with Crippen LogP contribution in [0.1, 0.15) is 11.1 Å². The predicted octanol–water partition coefficient (Wildman–Crippen LogP) is 7.78. The number of thioether (sulfide) groups is 1. The molecule has 0 atom stereocenters. The van der Waals surface area contributed by atoms with Gasteiger partial charge in [0.2, 0.25) is 0 Å². The van der Waals surface area contributed by atoms with Gasteiger partial charge in [-0.05, 0) is 58.5 Å². The standard InChI is InChI=1S/C25H17F6IO5S/c26-24(27,28)36-20-7-3-1-5-17(20)16(18-6-2-4-8-21(18)37-25(29,30)31)11-12-38-22-10-9-15(13-19(22)32)35-14-23(33)34/h1-11,13H,12,14H2,(H,33,34). The van der Waals surface area contributed by atoms with E-state index in [1.807, 2.05) is 22.6 Å². The zero-order chi connectivity index (χ0) is 27.9. The molecule has 13 heteroatoms. The molecule has 0 bridgehead atoms. The van der Waals surface area contributed by atoms with Crippen LogP contribution in [0.5, 0.6) is 17.2 Å². The van der Waals surface area contributed by atoms with Crippen molar-refractivity contribution in [3.05, 3.63) is 87.5 Å². The van der Waals surface area contributed by atoms with E-state index < -0.39 is 36.8 Å². The van der Waals surface area contributed by atoms with E-state index >= 15 is 0 Å². The number of benzene rings is 3. The van der Waals surface area contributed by atoms with Crippen LogP contribution in [0.2, 0.25) is 0 Å². The number of ether oxygens (including phenoxy) is 3. The molecule has 202 valence electrons. The van der Waals surface area contributed by atoms with Crippen molar-refractivity contribution >= 4 is 45.9 Å². The molecule has 0 saturated heterocycles. The molecule has 3 rings (SSSR count). The third-order valence-electron chi connectivity index (χ3n) is 4.60. The highest BCUT2D eigenvalue weighted by atomic mass is 127. The lowest BCUT2D eigenvalue weighted by Gasteiger charge is -2.19. The Labute approximate surface area is 230 Å². The van der Waals surface area contributed by atoms with Gasteiger partial charge in [0.15, 0.2) is 6.61 Å². The highest BCUT2D eigenvalue weighted by Crippen LogP contribution is 2.40. The molecule has 0 aliphatic heterocycles. The van der Waals surface area contributed by atoms with Crippen LogP contribution in [-0.2, 0) is 4.79 Å². The molecule has 0 aliphatic rings. The first-order valence-electron chi connectivity index (χ1n) is 10.5. The fourth-order valence-corrected chi connectivity index (χ4v) is 4.96. The number of para-hydroxylation sites is 2. The van der Waals surface area contributed by atoms with Crippen molar-refractivity contribution in [2.45, 2.75) is 17.6 Å². The van der Waals surface area contributed by atoms with E-state index in [9.17, 15) is 31.1 Å². The Hall–Kier alpha value is -3.07. The number of hydrogen-bond donors (Lipinski definition) is 1. The van der Waals surface area contributed by atoms with E-state index in [0.29, 0.717) is 9.32 Å². The number of halogens is 7. The second-order valence-corrected chi connectivity index (χ2v) is 9.52. The molecule has 0 fully saturated rings. The second kappa shape index (κ2) is 12.7. The fraction of sp³-hybridized carbons (Fsp3) is 0.160. The molecule has 5 nitrogen and oxygen atoms in total. The van der Waals surface area contributed by atoms with Crippen LogP contribution in [0.15, 0.2) is 77.7 Å². The van der Waals surface area contributed by atoms with Crippen molar-refractivity contribution in [2.24, 2.45) is 0 Å². The van der Waals surface area contributed by atoms with E-state index in [0.717, 1.165) is 17.0 Å². The van der Waals surface area contributed by atoms with Crippen LogP contribution < -0.4 is 14.2 Å². The number of carboxylic acid groups (broad SMARTS) is 1. The van der Waals surface area contributed by atoms with Gasteiger partial charge in [-0.25, -0.2) is 4.79 Å². The first kappa shape index (κ1) is 29.5. The number of alkyl halides is 6. The van der Waals surface area contributed by atoms with Crippen molar-refractivity contribution in [1.82, 2.24) is 0 Å². The molecule has 0 saturated carbocycles. The highest BCUT2D eigenvalue weighted by molar-refractivity contribution is 14.1. The molecule has 0 heterocycles. The van der Waals surface area contributed by atoms with E-state index in [1.165, 1.54) is 54.2 Å². The number of hydrogen-bond acceptors (Lipinski definition) is 5. The normalized spacial score (nSPS) is 11.6. The zero-order valence-electron chi connectivity index (χ0n) is 19.0. The molecule has 1 N–H and O–H groups in total. The Kier molecular flexibility index (Phi) is 9.82. The summed E-state index contributed by atoms with van der Waals surface area (Å²) in [4.78, 5) is 11.4. The number of carboxylic acids is 1. The van der Waals surface area contributed by atoms with Crippen LogP contribution in [0.3, 0.4) is 0 Å². The molecule has 0 amide bonds. The van der Waals surface area contributed by atoms with Crippen LogP contribution in [0.25, 0.3) is 5.57 Å². The zero-order valence-corrected chi connectivity index (χ0v) is 22.0. The minimum atomic E-state index is -5.03. The van der Waals surface area contributed by atoms with Gasteiger partial charge in [-0.15, -0.1) is 38.1 Å². The SMILES string of the molecule is O=C(O)COc1ccc(SCC=C(c2ccccc2OC(F)(F)F)c2ccccc2OC(F)(F)F)c(I)c1. The van der Waals surface area contributed by atoms with Crippen LogP contribution >= 0.6 is 34.4 Å². The summed E-state index contributed by atoms with van der Waals surface area (Å²) in [5.41, 5.74) is -0.139. The largest absolute Gasteiger partial charge is 0.573 e. The van der Waals surface area contributed by atoms with Crippen molar-refractivity contribution in [1.29, 1.82) is 0 Å². The van der Waals surface area contributed by atoms with Crippen molar-refractivity contribution < 1.29 is 50.5 Å². The van der Waals surface area contributed by atoms with Gasteiger partial charge in [-0.2, -0.15) is 0 Å². The quantitative estimate of drug-likeness (QED) is 0.135. The average molecular weight is 670 g/mol. The highest BCUT2D eigenvalue weighted by Gasteiger charge is 2.34. The van der Waals surface area contributed by atoms with Gasteiger partial charge in [0.1, 0.15) is 17.2 Å². The summed E-state index contributed by atoms with van der Waals surface area (Å²) in [6.45, 7) is -0.520. The van der Waals surface area contributed by atoms with Crippen molar-refractivity contribution in [3.8, 4) is 17.2 Å². The molecule has 3 aromatic rings. The van der Waals surface area contributed by atoms with Gasteiger partial charge in [0.25, 0.3) is 0 Å². The molecule has 0 aromatic heterocycles. The lowest BCUT2D eigenvalue weighted by Crippen LogP contribution is -2.19. The van der Waals surface area contributed by atoms with Crippen LogP contribution in [0, 0.1) is 3.57 Å². The topological polar surface area (TPSA) is 65.0 Å². The summed E-state index contributed by atoms with van der Waals surface area (Å²) < 4.78 is 92.6. The van der Waals surface area contributed by atoms with E-state index in [4.69, 9.17) is 9.84 Å². The summed E-state index contributed by atoms with van der Waals surface area (Å²) >= 11 is 3.26. The summed E-state index contributed by atoms with van der Waals surface area (Å²) in [5.74, 6) is -1.85. The summed E-state index contributed by atoms with van der Waals surface area (Å²) in [6.07, 6.45) is -8.58. The van der Waals surface area contributed by atoms with Crippen molar-refractivity contribution in [2.75, 3.05) is 12.4 Å². The first-order chi connectivity index (χ1) is 17.8. The monoisotopic (exact) mass is 670 g/mol. The Morgan fingerprint density at radius 3 is 1.87 bits per heavy atom. The lowest BCUT2D eigenvalue weighted by atomic mass is 9.96. The van der Waals surface area contributed by atoms with E-state index in [2.05, 4.69) is 9.47 Å². The number of rotatable bonds is 10. The summed E-state index contributed by atoms with van der Waals surface area (Å²) in [6, 6.07) is 15.1. The third-order valence-corrected chi connectivity index (χ3v) is 6.86. The Morgan fingerprint density at radius 2 is 1.39 bits per heavy atom. The van der Waals surface area contributed by atoms with Gasteiger partial charge in [0, 0.05) is 25.3 Å². The predicted molar refractivity (Wildman–Crippen MR) is 136 cm³/mol. The molecule has 0 unspecified atom stereocenters. The van der Waals surface area contributed by atoms with Gasteiger partial charge in [0.05, 0.1) is 0 Å². The van der Waals surface area contributed by atoms with Gasteiger partial charge in [-0.3, -0.25) is 0 Å². The minimum absolute atomic E-state index is 0.0358. The molecule has 3 aromatic carbocycles. The Balaban J connectivity index is 1.99. The van der Waals surface area contributed by atoms with E-state index in [1.54, 1.807) is 18.2 Å². The molecule has 0 spiro atoms. The average Bonchev–Trinajstić information content (AvgIpc) is 2.81. The van der Waals surface area contributed by atoms with Gasteiger partial charge >= 0.3 is 18.7 Å². The maximum Gasteiger partial charge on any atom is 0.573 e.